The summed E-state index contributed by atoms with van der Waals surface area (Å²) in [7, 11) is -3.72. The third-order valence-electron chi connectivity index (χ3n) is 5.74. The number of carbonyl (C=O) groups is 1. The van der Waals surface area contributed by atoms with Crippen molar-refractivity contribution < 1.29 is 22.7 Å². The second kappa shape index (κ2) is 10.7. The van der Waals surface area contributed by atoms with Gasteiger partial charge in [-0.1, -0.05) is 42.5 Å². The molecule has 0 bridgehead atoms. The SMILES string of the molecule is Cc1ccccc1OCCOC(=O)c1cccc(S(=O)(=O)N2CCN(c3ccccc3)CC2)c1. The summed E-state index contributed by atoms with van der Waals surface area (Å²) in [6.07, 6.45) is 0. The summed E-state index contributed by atoms with van der Waals surface area (Å²) in [5.74, 6) is 0.151. The van der Waals surface area contributed by atoms with Gasteiger partial charge in [0.05, 0.1) is 10.5 Å². The predicted molar refractivity (Wildman–Crippen MR) is 131 cm³/mol. The third-order valence-corrected chi connectivity index (χ3v) is 7.63. The molecule has 4 rings (SSSR count). The summed E-state index contributed by atoms with van der Waals surface area (Å²) in [6.45, 7) is 4.17. The number of esters is 1. The molecule has 1 fully saturated rings. The highest BCUT2D eigenvalue weighted by Gasteiger charge is 2.29. The monoisotopic (exact) mass is 480 g/mol. The van der Waals surface area contributed by atoms with Crippen LogP contribution in [0.25, 0.3) is 0 Å². The first-order chi connectivity index (χ1) is 16.4. The first kappa shape index (κ1) is 23.8. The molecule has 0 N–H and O–H groups in total. The van der Waals surface area contributed by atoms with Gasteiger partial charge in [-0.2, -0.15) is 4.31 Å². The molecule has 3 aromatic carbocycles. The Balaban J connectivity index is 1.33. The Kier molecular flexibility index (Phi) is 7.49. The van der Waals surface area contributed by atoms with E-state index in [0.717, 1.165) is 17.0 Å². The van der Waals surface area contributed by atoms with E-state index < -0.39 is 16.0 Å². The average molecular weight is 481 g/mol. The highest BCUT2D eigenvalue weighted by molar-refractivity contribution is 7.89. The van der Waals surface area contributed by atoms with Crippen molar-refractivity contribution in [2.24, 2.45) is 0 Å². The van der Waals surface area contributed by atoms with Crippen LogP contribution in [-0.2, 0) is 14.8 Å². The first-order valence-corrected chi connectivity index (χ1v) is 12.6. The molecule has 1 saturated heterocycles. The number of sulfonamides is 1. The number of aryl methyl sites for hydroxylation is 1. The van der Waals surface area contributed by atoms with Crippen LogP contribution in [0.3, 0.4) is 0 Å². The van der Waals surface area contributed by atoms with Crippen molar-refractivity contribution in [3.05, 3.63) is 90.0 Å². The van der Waals surface area contributed by atoms with Crippen LogP contribution < -0.4 is 9.64 Å². The second-order valence-corrected chi connectivity index (χ2v) is 9.94. The zero-order valence-electron chi connectivity index (χ0n) is 19.1. The van der Waals surface area contributed by atoms with Crippen LogP contribution in [0, 0.1) is 6.92 Å². The van der Waals surface area contributed by atoms with Crippen LogP contribution in [0.4, 0.5) is 5.69 Å². The van der Waals surface area contributed by atoms with E-state index in [1.54, 1.807) is 12.1 Å². The Morgan fingerprint density at radius 1 is 0.853 bits per heavy atom. The topological polar surface area (TPSA) is 76.1 Å². The molecule has 0 amide bonds. The molecule has 7 nitrogen and oxygen atoms in total. The molecule has 178 valence electrons. The highest BCUT2D eigenvalue weighted by Crippen LogP contribution is 2.22. The maximum absolute atomic E-state index is 13.2. The van der Waals surface area contributed by atoms with Gasteiger partial charge in [0, 0.05) is 31.9 Å². The smallest absolute Gasteiger partial charge is 0.338 e. The number of piperazine rings is 1. The highest BCUT2D eigenvalue weighted by atomic mass is 32.2. The van der Waals surface area contributed by atoms with E-state index in [-0.39, 0.29) is 23.7 Å². The van der Waals surface area contributed by atoms with Crippen LogP contribution in [0.5, 0.6) is 5.75 Å². The number of hydrogen-bond donors (Lipinski definition) is 0. The summed E-state index contributed by atoms with van der Waals surface area (Å²) in [6, 6.07) is 23.5. The Bertz CT molecular complexity index is 1220. The fourth-order valence-electron chi connectivity index (χ4n) is 3.85. The van der Waals surface area contributed by atoms with Gasteiger partial charge >= 0.3 is 5.97 Å². The minimum Gasteiger partial charge on any atom is -0.490 e. The first-order valence-electron chi connectivity index (χ1n) is 11.2. The van der Waals surface area contributed by atoms with Gasteiger partial charge in [-0.05, 0) is 48.9 Å². The van der Waals surface area contributed by atoms with Crippen molar-refractivity contribution in [2.45, 2.75) is 11.8 Å². The molecule has 0 aromatic heterocycles. The molecule has 34 heavy (non-hydrogen) atoms. The third kappa shape index (κ3) is 5.58. The lowest BCUT2D eigenvalue weighted by molar-refractivity contribution is 0.0450. The quantitative estimate of drug-likeness (QED) is 0.361. The molecule has 1 aliphatic rings. The molecule has 0 aliphatic carbocycles. The van der Waals surface area contributed by atoms with Crippen LogP contribution in [0.15, 0.2) is 83.8 Å². The van der Waals surface area contributed by atoms with Gasteiger partial charge in [0.2, 0.25) is 10.0 Å². The number of para-hydroxylation sites is 2. The normalized spacial score (nSPS) is 14.6. The number of rotatable bonds is 8. The molecule has 8 heteroatoms. The van der Waals surface area contributed by atoms with E-state index in [4.69, 9.17) is 9.47 Å². The van der Waals surface area contributed by atoms with Crippen LogP contribution in [0.1, 0.15) is 15.9 Å². The van der Waals surface area contributed by atoms with E-state index in [0.29, 0.717) is 26.2 Å². The van der Waals surface area contributed by atoms with Crippen molar-refractivity contribution >= 4 is 21.7 Å². The fourth-order valence-corrected chi connectivity index (χ4v) is 5.31. The molecular weight excluding hydrogens is 452 g/mol. The van der Waals surface area contributed by atoms with E-state index >= 15 is 0 Å². The lowest BCUT2D eigenvalue weighted by Gasteiger charge is -2.35. The maximum Gasteiger partial charge on any atom is 0.338 e. The van der Waals surface area contributed by atoms with Crippen molar-refractivity contribution in [1.82, 2.24) is 4.31 Å². The molecule has 0 atom stereocenters. The summed E-state index contributed by atoms with van der Waals surface area (Å²) in [5.41, 5.74) is 2.27. The van der Waals surface area contributed by atoms with Crippen molar-refractivity contribution in [2.75, 3.05) is 44.3 Å². The molecule has 1 aliphatic heterocycles. The second-order valence-electron chi connectivity index (χ2n) is 8.00. The zero-order chi connectivity index (χ0) is 24.0. The van der Waals surface area contributed by atoms with Gasteiger partial charge in [-0.3, -0.25) is 0 Å². The average Bonchev–Trinajstić information content (AvgIpc) is 2.88. The number of hydrogen-bond acceptors (Lipinski definition) is 6. The fraction of sp³-hybridized carbons (Fsp3) is 0.269. The van der Waals surface area contributed by atoms with Gasteiger partial charge in [-0.25, -0.2) is 13.2 Å². The summed E-state index contributed by atoms with van der Waals surface area (Å²) < 4.78 is 38.8. The molecule has 3 aromatic rings. The largest absolute Gasteiger partial charge is 0.490 e. The Hall–Kier alpha value is -3.36. The van der Waals surface area contributed by atoms with Gasteiger partial charge in [0.15, 0.2) is 0 Å². The Labute approximate surface area is 200 Å². The number of carbonyl (C=O) groups excluding carboxylic acids is 1. The van der Waals surface area contributed by atoms with Crippen LogP contribution >= 0.6 is 0 Å². The summed E-state index contributed by atoms with van der Waals surface area (Å²) in [4.78, 5) is 14.7. The maximum atomic E-state index is 13.2. The van der Waals surface area contributed by atoms with Crippen molar-refractivity contribution in [3.63, 3.8) is 0 Å². The van der Waals surface area contributed by atoms with Crippen molar-refractivity contribution in [1.29, 1.82) is 0 Å². The Morgan fingerprint density at radius 2 is 1.56 bits per heavy atom. The number of nitrogens with zero attached hydrogens (tertiary/aromatic N) is 2. The molecular formula is C26H28N2O5S. The lowest BCUT2D eigenvalue weighted by atomic mass is 10.2. The molecule has 1 heterocycles. The number of benzene rings is 3. The van der Waals surface area contributed by atoms with E-state index in [1.807, 2.05) is 61.5 Å². The summed E-state index contributed by atoms with van der Waals surface area (Å²) in [5, 5.41) is 0. The molecule has 0 radical (unpaired) electrons. The molecule has 0 unspecified atom stereocenters. The van der Waals surface area contributed by atoms with E-state index in [1.165, 1.54) is 16.4 Å². The lowest BCUT2D eigenvalue weighted by Crippen LogP contribution is -2.48. The summed E-state index contributed by atoms with van der Waals surface area (Å²) >= 11 is 0. The van der Waals surface area contributed by atoms with Gasteiger partial charge in [0.25, 0.3) is 0 Å². The minimum atomic E-state index is -3.72. The van der Waals surface area contributed by atoms with Gasteiger partial charge in [0.1, 0.15) is 19.0 Å². The standard InChI is InChI=1S/C26H28N2O5S/c1-21-8-5-6-13-25(21)32-18-19-33-26(29)22-9-7-12-24(20-22)34(30,31)28-16-14-27(15-17-28)23-10-3-2-4-11-23/h2-13,20H,14-19H2,1H3. The molecule has 0 saturated carbocycles. The minimum absolute atomic E-state index is 0.0611. The van der Waals surface area contributed by atoms with Gasteiger partial charge in [-0.15, -0.1) is 0 Å². The molecule has 0 spiro atoms. The Morgan fingerprint density at radius 3 is 2.29 bits per heavy atom. The number of anilines is 1. The van der Waals surface area contributed by atoms with Crippen LogP contribution in [0.2, 0.25) is 0 Å². The predicted octanol–water partition coefficient (Wildman–Crippen LogP) is 3.74. The zero-order valence-corrected chi connectivity index (χ0v) is 19.9. The van der Waals surface area contributed by atoms with E-state index in [2.05, 4.69) is 4.90 Å². The van der Waals surface area contributed by atoms with Crippen molar-refractivity contribution in [3.8, 4) is 5.75 Å². The van der Waals surface area contributed by atoms with Crippen LogP contribution in [-0.4, -0.2) is 58.1 Å². The van der Waals surface area contributed by atoms with Gasteiger partial charge < -0.3 is 14.4 Å². The number of ether oxygens (including phenoxy) is 2. The van der Waals surface area contributed by atoms with E-state index in [9.17, 15) is 13.2 Å².